The van der Waals surface area contributed by atoms with Crippen LogP contribution in [-0.4, -0.2) is 19.6 Å². The second-order valence-corrected chi connectivity index (χ2v) is 4.83. The number of ether oxygens (including phenoxy) is 1. The Labute approximate surface area is 114 Å². The zero-order chi connectivity index (χ0) is 13.5. The summed E-state index contributed by atoms with van der Waals surface area (Å²) in [6, 6.07) is 7.58. The van der Waals surface area contributed by atoms with Crippen LogP contribution in [0, 0.1) is 0 Å². The number of hydrogen-bond acceptors (Lipinski definition) is 3. The van der Waals surface area contributed by atoms with Crippen molar-refractivity contribution in [3.63, 3.8) is 0 Å². The van der Waals surface area contributed by atoms with Crippen LogP contribution in [0.4, 0.5) is 0 Å². The maximum atomic E-state index is 11.6. The van der Waals surface area contributed by atoms with Gasteiger partial charge >= 0.3 is 5.97 Å². The third-order valence-electron chi connectivity index (χ3n) is 3.50. The standard InChI is InChI=1S/C16H21NO2/c1-19-16(18)15-9-5-4-8-14(15)12-17-11-10-13-6-2-3-7-13/h4-6,8-9,17H,2-3,7,10-12H2,1H3. The van der Waals surface area contributed by atoms with E-state index in [1.807, 2.05) is 24.3 Å². The maximum absolute atomic E-state index is 11.6. The fourth-order valence-electron chi connectivity index (χ4n) is 2.42. The van der Waals surface area contributed by atoms with Gasteiger partial charge < -0.3 is 10.1 Å². The van der Waals surface area contributed by atoms with Crippen LogP contribution < -0.4 is 5.32 Å². The largest absolute Gasteiger partial charge is 0.465 e. The first kappa shape index (κ1) is 13.8. The van der Waals surface area contributed by atoms with Gasteiger partial charge in [0.15, 0.2) is 0 Å². The molecule has 0 amide bonds. The van der Waals surface area contributed by atoms with E-state index in [-0.39, 0.29) is 5.97 Å². The summed E-state index contributed by atoms with van der Waals surface area (Å²) in [4.78, 5) is 11.6. The summed E-state index contributed by atoms with van der Waals surface area (Å²) in [5.41, 5.74) is 3.21. The van der Waals surface area contributed by atoms with Crippen LogP contribution in [0.5, 0.6) is 0 Å². The quantitative estimate of drug-likeness (QED) is 0.485. The number of carbonyl (C=O) groups is 1. The van der Waals surface area contributed by atoms with Crippen LogP contribution in [0.3, 0.4) is 0 Å². The number of methoxy groups -OCH3 is 1. The monoisotopic (exact) mass is 259 g/mol. The van der Waals surface area contributed by atoms with Gasteiger partial charge in [0, 0.05) is 6.54 Å². The lowest BCUT2D eigenvalue weighted by Gasteiger charge is -2.09. The Bertz CT molecular complexity index is 466. The Balaban J connectivity index is 1.83. The summed E-state index contributed by atoms with van der Waals surface area (Å²) in [6.45, 7) is 1.67. The summed E-state index contributed by atoms with van der Waals surface area (Å²) in [5, 5.41) is 3.40. The molecule has 1 aromatic rings. The third-order valence-corrected chi connectivity index (χ3v) is 3.50. The van der Waals surface area contributed by atoms with Gasteiger partial charge in [-0.25, -0.2) is 4.79 Å². The average Bonchev–Trinajstić information content (AvgIpc) is 2.96. The van der Waals surface area contributed by atoms with E-state index in [4.69, 9.17) is 4.74 Å². The molecule has 1 aromatic carbocycles. The van der Waals surface area contributed by atoms with Crippen molar-refractivity contribution in [1.82, 2.24) is 5.32 Å². The maximum Gasteiger partial charge on any atom is 0.338 e. The lowest BCUT2D eigenvalue weighted by atomic mass is 10.1. The summed E-state index contributed by atoms with van der Waals surface area (Å²) in [7, 11) is 1.42. The van der Waals surface area contributed by atoms with Crippen molar-refractivity contribution in [3.8, 4) is 0 Å². The van der Waals surface area contributed by atoms with Crippen molar-refractivity contribution in [1.29, 1.82) is 0 Å². The number of benzene rings is 1. The lowest BCUT2D eigenvalue weighted by Crippen LogP contribution is -2.17. The van der Waals surface area contributed by atoms with Crippen molar-refractivity contribution < 1.29 is 9.53 Å². The summed E-state index contributed by atoms with van der Waals surface area (Å²) < 4.78 is 4.79. The zero-order valence-corrected chi connectivity index (χ0v) is 11.4. The minimum Gasteiger partial charge on any atom is -0.465 e. The highest BCUT2D eigenvalue weighted by Gasteiger charge is 2.10. The normalized spacial score (nSPS) is 14.3. The van der Waals surface area contributed by atoms with Crippen LogP contribution in [0.2, 0.25) is 0 Å². The Morgan fingerprint density at radius 1 is 1.37 bits per heavy atom. The molecule has 0 aliphatic heterocycles. The fourth-order valence-corrected chi connectivity index (χ4v) is 2.42. The molecule has 0 bridgehead atoms. The predicted octanol–water partition coefficient (Wildman–Crippen LogP) is 3.06. The highest BCUT2D eigenvalue weighted by molar-refractivity contribution is 5.90. The topological polar surface area (TPSA) is 38.3 Å². The van der Waals surface area contributed by atoms with Gasteiger partial charge in [0.25, 0.3) is 0 Å². The van der Waals surface area contributed by atoms with E-state index < -0.39 is 0 Å². The molecule has 19 heavy (non-hydrogen) atoms. The molecule has 0 unspecified atom stereocenters. The number of allylic oxidation sites excluding steroid dienone is 1. The molecule has 102 valence electrons. The summed E-state index contributed by atoms with van der Waals surface area (Å²) in [6.07, 6.45) is 7.26. The van der Waals surface area contributed by atoms with Crippen LogP contribution in [0.1, 0.15) is 41.6 Å². The van der Waals surface area contributed by atoms with Crippen molar-refractivity contribution in [2.24, 2.45) is 0 Å². The molecule has 0 saturated carbocycles. The zero-order valence-electron chi connectivity index (χ0n) is 11.4. The Kier molecular flexibility index (Phi) is 5.16. The predicted molar refractivity (Wildman–Crippen MR) is 76.0 cm³/mol. The fraction of sp³-hybridized carbons (Fsp3) is 0.438. The van der Waals surface area contributed by atoms with E-state index in [1.54, 1.807) is 5.57 Å². The number of nitrogens with one attached hydrogen (secondary N) is 1. The minimum absolute atomic E-state index is 0.268. The molecule has 0 heterocycles. The molecular weight excluding hydrogens is 238 g/mol. The molecule has 0 radical (unpaired) electrons. The van der Waals surface area contributed by atoms with Gasteiger partial charge in [0.05, 0.1) is 12.7 Å². The highest BCUT2D eigenvalue weighted by atomic mass is 16.5. The van der Waals surface area contributed by atoms with Crippen LogP contribution in [0.25, 0.3) is 0 Å². The van der Waals surface area contributed by atoms with Crippen molar-refractivity contribution in [3.05, 3.63) is 47.0 Å². The first-order valence-corrected chi connectivity index (χ1v) is 6.86. The van der Waals surface area contributed by atoms with Gasteiger partial charge in [0.2, 0.25) is 0 Å². The van der Waals surface area contributed by atoms with Crippen molar-refractivity contribution in [2.45, 2.75) is 32.2 Å². The van der Waals surface area contributed by atoms with E-state index in [2.05, 4.69) is 11.4 Å². The van der Waals surface area contributed by atoms with E-state index in [1.165, 1.54) is 26.4 Å². The Morgan fingerprint density at radius 3 is 2.95 bits per heavy atom. The molecular formula is C16H21NO2. The highest BCUT2D eigenvalue weighted by Crippen LogP contribution is 2.19. The van der Waals surface area contributed by atoms with Gasteiger partial charge in [-0.05, 0) is 43.9 Å². The summed E-state index contributed by atoms with van der Waals surface area (Å²) >= 11 is 0. The third kappa shape index (κ3) is 3.93. The molecule has 0 fully saturated rings. The van der Waals surface area contributed by atoms with Crippen LogP contribution >= 0.6 is 0 Å². The first-order chi connectivity index (χ1) is 9.31. The van der Waals surface area contributed by atoms with E-state index in [9.17, 15) is 4.79 Å². The molecule has 3 heteroatoms. The van der Waals surface area contributed by atoms with Crippen molar-refractivity contribution in [2.75, 3.05) is 13.7 Å². The smallest absolute Gasteiger partial charge is 0.338 e. The van der Waals surface area contributed by atoms with Gasteiger partial charge in [-0.3, -0.25) is 0 Å². The molecule has 2 rings (SSSR count). The molecule has 1 aliphatic carbocycles. The number of rotatable bonds is 6. The van der Waals surface area contributed by atoms with Gasteiger partial charge in [-0.15, -0.1) is 0 Å². The van der Waals surface area contributed by atoms with E-state index in [0.29, 0.717) is 12.1 Å². The number of carbonyl (C=O) groups excluding carboxylic acids is 1. The number of hydrogen-bond donors (Lipinski definition) is 1. The number of esters is 1. The molecule has 0 aromatic heterocycles. The molecule has 0 saturated heterocycles. The molecule has 1 N–H and O–H groups in total. The minimum atomic E-state index is -0.268. The van der Waals surface area contributed by atoms with E-state index in [0.717, 1.165) is 18.5 Å². The summed E-state index contributed by atoms with van der Waals surface area (Å²) in [5.74, 6) is -0.268. The Hall–Kier alpha value is -1.61. The average molecular weight is 259 g/mol. The molecule has 3 nitrogen and oxygen atoms in total. The first-order valence-electron chi connectivity index (χ1n) is 6.86. The van der Waals surface area contributed by atoms with Gasteiger partial charge in [0.1, 0.15) is 0 Å². The van der Waals surface area contributed by atoms with Gasteiger partial charge in [-0.2, -0.15) is 0 Å². The SMILES string of the molecule is COC(=O)c1ccccc1CNCCC1=CCCC1. The van der Waals surface area contributed by atoms with Crippen LogP contribution in [0.15, 0.2) is 35.9 Å². The lowest BCUT2D eigenvalue weighted by molar-refractivity contribution is 0.0599. The van der Waals surface area contributed by atoms with Crippen molar-refractivity contribution >= 4 is 5.97 Å². The van der Waals surface area contributed by atoms with Crippen LogP contribution in [-0.2, 0) is 11.3 Å². The second kappa shape index (κ2) is 7.10. The molecule has 1 aliphatic rings. The van der Waals surface area contributed by atoms with E-state index >= 15 is 0 Å². The molecule has 0 atom stereocenters. The van der Waals surface area contributed by atoms with Gasteiger partial charge in [-0.1, -0.05) is 29.8 Å². The second-order valence-electron chi connectivity index (χ2n) is 4.83. The Morgan fingerprint density at radius 2 is 2.21 bits per heavy atom. The molecule has 0 spiro atoms.